The number of nitrogens with one attached hydrogen (secondary N) is 1. The highest BCUT2D eigenvalue weighted by molar-refractivity contribution is 5.93. The molecule has 1 aromatic carbocycles. The fraction of sp³-hybridized carbons (Fsp3) is 0.421. The molecule has 1 aliphatic rings. The minimum absolute atomic E-state index is 0.0481. The van der Waals surface area contributed by atoms with Gasteiger partial charge in [0.1, 0.15) is 5.82 Å². The van der Waals surface area contributed by atoms with Crippen molar-refractivity contribution in [2.24, 2.45) is 5.92 Å². The number of aromatic nitrogens is 2. The van der Waals surface area contributed by atoms with Gasteiger partial charge < -0.3 is 15.1 Å². The van der Waals surface area contributed by atoms with Gasteiger partial charge in [0.05, 0.1) is 17.8 Å². The minimum atomic E-state index is -0.217. The van der Waals surface area contributed by atoms with E-state index in [-0.39, 0.29) is 17.9 Å². The summed E-state index contributed by atoms with van der Waals surface area (Å²) in [6.07, 6.45) is 3.35. The maximum absolute atomic E-state index is 12.8. The van der Waals surface area contributed by atoms with Crippen LogP contribution in [0, 0.1) is 12.8 Å². The van der Waals surface area contributed by atoms with Gasteiger partial charge in [0.25, 0.3) is 0 Å². The lowest BCUT2D eigenvalue weighted by molar-refractivity contribution is -0.121. The predicted octanol–water partition coefficient (Wildman–Crippen LogP) is 2.51. The molecule has 26 heavy (non-hydrogen) atoms. The Morgan fingerprint density at radius 3 is 2.65 bits per heavy atom. The molecular formula is C19H25N5O2. The first-order chi connectivity index (χ1) is 12.5. The Hall–Kier alpha value is -2.83. The summed E-state index contributed by atoms with van der Waals surface area (Å²) in [6.45, 7) is 3.06. The van der Waals surface area contributed by atoms with Crippen LogP contribution >= 0.6 is 0 Å². The fourth-order valence-electron chi connectivity index (χ4n) is 3.21. The van der Waals surface area contributed by atoms with Gasteiger partial charge in [-0.05, 0) is 31.9 Å². The number of carbonyl (C=O) groups excluding carboxylic acids is 2. The Morgan fingerprint density at radius 1 is 1.23 bits per heavy atom. The second-order valence-corrected chi connectivity index (χ2v) is 6.87. The largest absolute Gasteiger partial charge is 0.331 e. The first-order valence-electron chi connectivity index (χ1n) is 8.84. The average molecular weight is 355 g/mol. The van der Waals surface area contributed by atoms with E-state index in [2.05, 4.69) is 10.4 Å². The molecule has 7 nitrogen and oxygen atoms in total. The number of aryl methyl sites for hydroxylation is 1. The van der Waals surface area contributed by atoms with Crippen LogP contribution in [-0.4, -0.2) is 58.7 Å². The van der Waals surface area contributed by atoms with Crippen molar-refractivity contribution in [3.63, 3.8) is 0 Å². The molecule has 0 bridgehead atoms. The summed E-state index contributed by atoms with van der Waals surface area (Å²) in [7, 11) is 3.46. The van der Waals surface area contributed by atoms with Gasteiger partial charge in [-0.1, -0.05) is 18.2 Å². The zero-order valence-corrected chi connectivity index (χ0v) is 15.5. The van der Waals surface area contributed by atoms with Crippen molar-refractivity contribution in [2.45, 2.75) is 19.8 Å². The molecule has 0 radical (unpaired) electrons. The van der Waals surface area contributed by atoms with E-state index < -0.39 is 0 Å². The van der Waals surface area contributed by atoms with Crippen molar-refractivity contribution < 1.29 is 9.59 Å². The number of anilines is 1. The van der Waals surface area contributed by atoms with Crippen molar-refractivity contribution in [1.29, 1.82) is 0 Å². The highest BCUT2D eigenvalue weighted by Gasteiger charge is 2.30. The van der Waals surface area contributed by atoms with Crippen LogP contribution in [0.25, 0.3) is 5.69 Å². The highest BCUT2D eigenvalue weighted by atomic mass is 16.2. The smallest absolute Gasteiger partial charge is 0.319 e. The van der Waals surface area contributed by atoms with Crippen molar-refractivity contribution in [3.05, 3.63) is 42.1 Å². The van der Waals surface area contributed by atoms with E-state index >= 15 is 0 Å². The number of piperidine rings is 1. The summed E-state index contributed by atoms with van der Waals surface area (Å²) in [5, 5.41) is 7.41. The lowest BCUT2D eigenvalue weighted by Crippen LogP contribution is -2.47. The lowest BCUT2D eigenvalue weighted by atomic mass is 9.97. The molecule has 1 aliphatic heterocycles. The number of benzene rings is 1. The number of para-hydroxylation sites is 1. The third-order valence-electron chi connectivity index (χ3n) is 4.64. The van der Waals surface area contributed by atoms with Gasteiger partial charge >= 0.3 is 6.03 Å². The first kappa shape index (κ1) is 18.0. The Bertz CT molecular complexity index is 784. The van der Waals surface area contributed by atoms with Crippen LogP contribution in [0.1, 0.15) is 18.4 Å². The zero-order chi connectivity index (χ0) is 18.7. The highest BCUT2D eigenvalue weighted by Crippen LogP contribution is 2.23. The number of hydrogen-bond acceptors (Lipinski definition) is 3. The van der Waals surface area contributed by atoms with Gasteiger partial charge in [0.15, 0.2) is 0 Å². The van der Waals surface area contributed by atoms with Crippen LogP contribution in [0.2, 0.25) is 0 Å². The topological polar surface area (TPSA) is 70.5 Å². The zero-order valence-electron chi connectivity index (χ0n) is 15.5. The van der Waals surface area contributed by atoms with E-state index in [9.17, 15) is 9.59 Å². The molecule has 1 unspecified atom stereocenters. The van der Waals surface area contributed by atoms with Crippen molar-refractivity contribution in [3.8, 4) is 5.69 Å². The molecule has 3 rings (SSSR count). The summed E-state index contributed by atoms with van der Waals surface area (Å²) in [5.74, 6) is 0.394. The van der Waals surface area contributed by atoms with Gasteiger partial charge in [-0.2, -0.15) is 5.10 Å². The van der Waals surface area contributed by atoms with Crippen LogP contribution in [0.5, 0.6) is 0 Å². The van der Waals surface area contributed by atoms with Gasteiger partial charge in [-0.25, -0.2) is 9.48 Å². The van der Waals surface area contributed by atoms with E-state index in [1.54, 1.807) is 34.8 Å². The van der Waals surface area contributed by atoms with Crippen LogP contribution in [0.15, 0.2) is 36.5 Å². The first-order valence-corrected chi connectivity index (χ1v) is 8.84. The van der Waals surface area contributed by atoms with Crippen LogP contribution in [0.3, 0.4) is 0 Å². The molecular weight excluding hydrogens is 330 g/mol. The van der Waals surface area contributed by atoms with Crippen molar-refractivity contribution in [2.75, 3.05) is 32.5 Å². The lowest BCUT2D eigenvalue weighted by Gasteiger charge is -2.33. The number of rotatable bonds is 3. The molecule has 1 N–H and O–H groups in total. The van der Waals surface area contributed by atoms with Crippen LogP contribution in [-0.2, 0) is 4.79 Å². The van der Waals surface area contributed by atoms with Crippen molar-refractivity contribution in [1.82, 2.24) is 19.6 Å². The summed E-state index contributed by atoms with van der Waals surface area (Å²) >= 11 is 0. The third-order valence-corrected chi connectivity index (χ3v) is 4.64. The quantitative estimate of drug-likeness (QED) is 0.920. The number of nitrogens with zero attached hydrogens (tertiary/aromatic N) is 4. The number of hydrogen-bond donors (Lipinski definition) is 1. The van der Waals surface area contributed by atoms with Gasteiger partial charge in [-0.3, -0.25) is 4.79 Å². The van der Waals surface area contributed by atoms with Crippen molar-refractivity contribution >= 4 is 17.8 Å². The molecule has 138 valence electrons. The molecule has 0 saturated carbocycles. The Balaban J connectivity index is 1.74. The van der Waals surface area contributed by atoms with E-state index in [4.69, 9.17) is 0 Å². The standard InChI is InChI=1S/C19H25N5O2/c1-14-12-20-24(16-9-5-4-6-10-16)17(14)21-18(25)15-8-7-11-23(13-15)19(26)22(2)3/h4-6,9-10,12,15H,7-8,11,13H2,1-3H3,(H,21,25). The molecule has 0 spiro atoms. The van der Waals surface area contributed by atoms with E-state index in [0.29, 0.717) is 18.9 Å². The molecule has 1 saturated heterocycles. The van der Waals surface area contributed by atoms with Gasteiger partial charge in [0.2, 0.25) is 5.91 Å². The normalized spacial score (nSPS) is 17.0. The summed E-state index contributed by atoms with van der Waals surface area (Å²) < 4.78 is 1.73. The fourth-order valence-corrected chi connectivity index (χ4v) is 3.21. The second kappa shape index (κ2) is 7.59. The monoisotopic (exact) mass is 355 g/mol. The molecule has 0 aliphatic carbocycles. The minimum Gasteiger partial charge on any atom is -0.331 e. The Kier molecular flexibility index (Phi) is 5.25. The number of amides is 3. The summed E-state index contributed by atoms with van der Waals surface area (Å²) in [6, 6.07) is 9.65. The molecule has 1 atom stereocenters. The molecule has 7 heteroatoms. The van der Waals surface area contributed by atoms with Gasteiger partial charge in [0, 0.05) is 32.7 Å². The van der Waals surface area contributed by atoms with E-state index in [0.717, 1.165) is 24.1 Å². The summed E-state index contributed by atoms with van der Waals surface area (Å²) in [4.78, 5) is 28.3. The molecule has 1 aromatic heterocycles. The second-order valence-electron chi connectivity index (χ2n) is 6.87. The third kappa shape index (κ3) is 3.71. The SMILES string of the molecule is Cc1cnn(-c2ccccc2)c1NC(=O)C1CCCN(C(=O)N(C)C)C1. The van der Waals surface area contributed by atoms with Crippen LogP contribution < -0.4 is 5.32 Å². The van der Waals surface area contributed by atoms with E-state index in [1.165, 1.54) is 0 Å². The average Bonchev–Trinajstić information content (AvgIpc) is 3.02. The molecule has 2 aromatic rings. The number of likely N-dealkylation sites (tertiary alicyclic amines) is 1. The molecule has 3 amide bonds. The summed E-state index contributed by atoms with van der Waals surface area (Å²) in [5.41, 5.74) is 1.79. The maximum atomic E-state index is 12.8. The maximum Gasteiger partial charge on any atom is 0.319 e. The van der Waals surface area contributed by atoms with Gasteiger partial charge in [-0.15, -0.1) is 0 Å². The Labute approximate surface area is 153 Å². The number of urea groups is 1. The molecule has 1 fully saturated rings. The Morgan fingerprint density at radius 2 is 1.96 bits per heavy atom. The van der Waals surface area contributed by atoms with E-state index in [1.807, 2.05) is 37.3 Å². The predicted molar refractivity (Wildman–Crippen MR) is 100 cm³/mol. The molecule has 2 heterocycles. The van der Waals surface area contributed by atoms with Crippen LogP contribution in [0.4, 0.5) is 10.6 Å². The number of carbonyl (C=O) groups is 2.